The molecular weight excluding hydrogens is 452 g/mol. The zero-order chi connectivity index (χ0) is 24.2. The van der Waals surface area contributed by atoms with Gasteiger partial charge in [0.25, 0.3) is 0 Å². The number of hydrogen-bond acceptors (Lipinski definition) is 1. The van der Waals surface area contributed by atoms with Gasteiger partial charge in [0.1, 0.15) is 5.82 Å². The van der Waals surface area contributed by atoms with Gasteiger partial charge in [-0.2, -0.15) is 0 Å². The van der Waals surface area contributed by atoms with Crippen LogP contribution in [0.2, 0.25) is 0 Å². The molecule has 170 valence electrons. The second kappa shape index (κ2) is 6.77. The van der Waals surface area contributed by atoms with Crippen LogP contribution in [-0.2, 0) is 0 Å². The number of rotatable bonds is 1. The average Bonchev–Trinajstić information content (AvgIpc) is 3.28. The van der Waals surface area contributed by atoms with Crippen molar-refractivity contribution < 1.29 is 4.39 Å². The molecule has 37 heavy (non-hydrogen) atoms. The average molecular weight is 471 g/mol. The van der Waals surface area contributed by atoms with Crippen LogP contribution in [0, 0.1) is 5.82 Å². The van der Waals surface area contributed by atoms with Crippen LogP contribution in [0.15, 0.2) is 115 Å². The molecule has 3 heteroatoms. The lowest BCUT2D eigenvalue weighted by molar-refractivity contribution is 0.631. The third-order valence-corrected chi connectivity index (χ3v) is 8.45. The molecule has 2 aliphatic rings. The SMILES string of the molecule is Fc1cc2ccc3ccc(N4c5ccccc5B5c6ccccc6-c6cccc4c65)c4ccc(c1)c2c34. The quantitative estimate of drug-likeness (QED) is 0.184. The minimum absolute atomic E-state index is 0.193. The minimum Gasteiger partial charge on any atom is -0.311 e. The van der Waals surface area contributed by atoms with Gasteiger partial charge >= 0.3 is 0 Å². The van der Waals surface area contributed by atoms with Crippen LogP contribution in [0.3, 0.4) is 0 Å². The highest BCUT2D eigenvalue weighted by molar-refractivity contribution is 7.01. The van der Waals surface area contributed by atoms with Crippen molar-refractivity contribution in [1.29, 1.82) is 0 Å². The summed E-state index contributed by atoms with van der Waals surface area (Å²) in [7, 11) is 0. The van der Waals surface area contributed by atoms with Crippen LogP contribution >= 0.6 is 0 Å². The van der Waals surface area contributed by atoms with E-state index in [1.165, 1.54) is 55.0 Å². The third-order valence-electron chi connectivity index (χ3n) is 8.45. The van der Waals surface area contributed by atoms with E-state index in [2.05, 4.69) is 102 Å². The summed E-state index contributed by atoms with van der Waals surface area (Å²) in [6.45, 7) is 0.234. The summed E-state index contributed by atoms with van der Waals surface area (Å²) in [6.07, 6.45) is 0. The Morgan fingerprint density at radius 1 is 0.514 bits per heavy atom. The standard InChI is InChI=1S/C34H19BFN/c36-23-18-21-13-12-20-15-17-29(26-16-14-22(19-23)32(21)33(20)26)37-30-10-4-3-9-28(30)35-27-8-2-1-6-24(27)25-7-5-11-31(37)34(25)35/h1-19H. The number of benzene rings is 7. The first-order chi connectivity index (χ1) is 18.3. The molecule has 7 aromatic carbocycles. The number of hydrogen-bond donors (Lipinski definition) is 0. The molecular formula is C34H19BFN. The lowest BCUT2D eigenvalue weighted by Gasteiger charge is -2.36. The second-order valence-corrected chi connectivity index (χ2v) is 10.2. The highest BCUT2D eigenvalue weighted by Crippen LogP contribution is 2.45. The molecule has 0 atom stereocenters. The number of fused-ring (bicyclic) bond motifs is 5. The van der Waals surface area contributed by atoms with E-state index < -0.39 is 0 Å². The maximum Gasteiger partial charge on any atom is 0.248 e. The summed E-state index contributed by atoms with van der Waals surface area (Å²) in [4.78, 5) is 2.45. The van der Waals surface area contributed by atoms with Crippen molar-refractivity contribution in [1.82, 2.24) is 0 Å². The van der Waals surface area contributed by atoms with Gasteiger partial charge in [-0.1, -0.05) is 90.4 Å². The Balaban J connectivity index is 1.41. The van der Waals surface area contributed by atoms with Gasteiger partial charge in [-0.15, -0.1) is 0 Å². The summed E-state index contributed by atoms with van der Waals surface area (Å²) in [5.74, 6) is -0.193. The molecule has 0 bridgehead atoms. The predicted octanol–water partition coefficient (Wildman–Crippen LogP) is 7.00. The first-order valence-electron chi connectivity index (χ1n) is 12.8. The van der Waals surface area contributed by atoms with Crippen molar-refractivity contribution in [2.24, 2.45) is 0 Å². The molecule has 2 heterocycles. The van der Waals surface area contributed by atoms with Gasteiger partial charge in [0.05, 0.1) is 5.69 Å². The Morgan fingerprint density at radius 3 is 2.08 bits per heavy atom. The van der Waals surface area contributed by atoms with Gasteiger partial charge in [-0.25, -0.2) is 4.39 Å². The maximum atomic E-state index is 14.4. The summed E-state index contributed by atoms with van der Waals surface area (Å²) in [5.41, 5.74) is 10.4. The molecule has 2 aliphatic heterocycles. The first kappa shape index (κ1) is 19.6. The summed E-state index contributed by atoms with van der Waals surface area (Å²) in [6, 6.07) is 40.5. The van der Waals surface area contributed by atoms with Crippen LogP contribution in [0.1, 0.15) is 0 Å². The van der Waals surface area contributed by atoms with Crippen molar-refractivity contribution in [2.75, 3.05) is 4.90 Å². The van der Waals surface area contributed by atoms with Gasteiger partial charge in [-0.05, 0) is 79.3 Å². The summed E-state index contributed by atoms with van der Waals surface area (Å²) in [5, 5.41) is 6.58. The minimum atomic E-state index is -0.193. The highest BCUT2D eigenvalue weighted by atomic mass is 19.1. The monoisotopic (exact) mass is 471 g/mol. The fraction of sp³-hybridized carbons (Fsp3) is 0. The lowest BCUT2D eigenvalue weighted by atomic mass is 9.37. The zero-order valence-electron chi connectivity index (χ0n) is 19.9. The normalized spacial score (nSPS) is 13.4. The third kappa shape index (κ3) is 2.39. The Hall–Kier alpha value is -4.63. The van der Waals surface area contributed by atoms with E-state index in [9.17, 15) is 4.39 Å². The fourth-order valence-corrected chi connectivity index (χ4v) is 7.04. The largest absolute Gasteiger partial charge is 0.311 e. The zero-order valence-corrected chi connectivity index (χ0v) is 19.9. The fourth-order valence-electron chi connectivity index (χ4n) is 7.04. The van der Waals surface area contributed by atoms with Crippen LogP contribution in [-0.4, -0.2) is 6.71 Å². The molecule has 0 amide bonds. The van der Waals surface area contributed by atoms with Crippen LogP contribution in [0.4, 0.5) is 21.5 Å². The molecule has 0 spiro atoms. The Morgan fingerprint density at radius 2 is 1.19 bits per heavy atom. The lowest BCUT2D eigenvalue weighted by Crippen LogP contribution is -2.54. The van der Waals surface area contributed by atoms with Crippen molar-refractivity contribution >= 4 is 72.5 Å². The molecule has 0 fully saturated rings. The molecule has 0 N–H and O–H groups in total. The number of anilines is 3. The molecule has 9 rings (SSSR count). The molecule has 0 aromatic heterocycles. The summed E-state index contributed by atoms with van der Waals surface area (Å²) >= 11 is 0. The molecule has 0 aliphatic carbocycles. The Labute approximate surface area is 213 Å². The van der Waals surface area contributed by atoms with Crippen LogP contribution in [0.25, 0.3) is 43.4 Å². The topological polar surface area (TPSA) is 3.24 Å². The smallest absolute Gasteiger partial charge is 0.248 e. The number of para-hydroxylation sites is 1. The van der Waals surface area contributed by atoms with E-state index in [4.69, 9.17) is 0 Å². The number of nitrogens with zero attached hydrogens (tertiary/aromatic N) is 1. The Bertz CT molecular complexity index is 2060. The van der Waals surface area contributed by atoms with Crippen molar-refractivity contribution in [3.63, 3.8) is 0 Å². The van der Waals surface area contributed by atoms with E-state index in [1.54, 1.807) is 12.1 Å². The van der Waals surface area contributed by atoms with Gasteiger partial charge in [0.15, 0.2) is 0 Å². The molecule has 1 nitrogen and oxygen atoms in total. The number of halogens is 1. The molecule has 0 saturated carbocycles. The van der Waals surface area contributed by atoms with Gasteiger partial charge < -0.3 is 4.90 Å². The predicted molar refractivity (Wildman–Crippen MR) is 155 cm³/mol. The second-order valence-electron chi connectivity index (χ2n) is 10.2. The van der Waals surface area contributed by atoms with E-state index in [0.717, 1.165) is 21.8 Å². The molecule has 0 saturated heterocycles. The molecule has 0 unspecified atom stereocenters. The van der Waals surface area contributed by atoms with Crippen molar-refractivity contribution in [2.45, 2.75) is 0 Å². The van der Waals surface area contributed by atoms with Crippen molar-refractivity contribution in [3.05, 3.63) is 121 Å². The van der Waals surface area contributed by atoms with Crippen molar-refractivity contribution in [3.8, 4) is 11.1 Å². The molecule has 0 radical (unpaired) electrons. The molecule has 7 aromatic rings. The highest BCUT2D eigenvalue weighted by Gasteiger charge is 2.42. The van der Waals surface area contributed by atoms with E-state index in [0.29, 0.717) is 0 Å². The van der Waals surface area contributed by atoms with Crippen LogP contribution < -0.4 is 21.3 Å². The van der Waals surface area contributed by atoms with Gasteiger partial charge in [0, 0.05) is 16.8 Å². The van der Waals surface area contributed by atoms with E-state index >= 15 is 0 Å². The van der Waals surface area contributed by atoms with E-state index in [1.807, 2.05) is 6.07 Å². The van der Waals surface area contributed by atoms with E-state index in [-0.39, 0.29) is 12.5 Å². The maximum absolute atomic E-state index is 14.4. The van der Waals surface area contributed by atoms with Gasteiger partial charge in [0.2, 0.25) is 6.71 Å². The Kier molecular flexibility index (Phi) is 3.58. The van der Waals surface area contributed by atoms with Crippen LogP contribution in [0.5, 0.6) is 0 Å². The first-order valence-corrected chi connectivity index (χ1v) is 12.8. The summed E-state index contributed by atoms with van der Waals surface area (Å²) < 4.78 is 14.4. The van der Waals surface area contributed by atoms with Gasteiger partial charge in [-0.3, -0.25) is 0 Å².